The quantitative estimate of drug-likeness (QED) is 0.929. The second-order valence-corrected chi connectivity index (χ2v) is 4.87. The average Bonchev–Trinajstić information content (AvgIpc) is 2.37. The minimum atomic E-state index is -0.864. The van der Waals surface area contributed by atoms with Gasteiger partial charge in [-0.25, -0.2) is 0 Å². The topological polar surface area (TPSA) is 59.3 Å². The third-order valence-electron chi connectivity index (χ3n) is 3.33. The number of aromatic nitrogens is 1. The number of rotatable bonds is 4. The second kappa shape index (κ2) is 5.74. The van der Waals surface area contributed by atoms with E-state index in [2.05, 4.69) is 0 Å². The number of hydrogen-bond acceptors (Lipinski definition) is 2. The van der Waals surface area contributed by atoms with Gasteiger partial charge in [0.25, 0.3) is 0 Å². The van der Waals surface area contributed by atoms with Crippen LogP contribution < -0.4 is 5.43 Å². The molecule has 1 N–H and O–H groups in total. The van der Waals surface area contributed by atoms with E-state index in [1.807, 2.05) is 48.7 Å². The zero-order valence-electron chi connectivity index (χ0n) is 11.5. The monoisotopic (exact) mass is 271 g/mol. The van der Waals surface area contributed by atoms with Crippen LogP contribution in [0.1, 0.15) is 29.4 Å². The summed E-state index contributed by atoms with van der Waals surface area (Å²) < 4.78 is 1.91. The molecule has 0 bridgehead atoms. The smallest absolute Gasteiger partial charge is 0.305 e. The Bertz CT molecular complexity index is 648. The molecule has 4 heteroatoms. The molecule has 0 radical (unpaired) electrons. The molecular formula is C16H17NO3. The Morgan fingerprint density at radius 3 is 2.20 bits per heavy atom. The van der Waals surface area contributed by atoms with Crippen molar-refractivity contribution in [3.8, 4) is 0 Å². The lowest BCUT2D eigenvalue weighted by Gasteiger charge is -2.24. The highest BCUT2D eigenvalue weighted by atomic mass is 16.4. The first-order valence-corrected chi connectivity index (χ1v) is 6.45. The lowest BCUT2D eigenvalue weighted by molar-refractivity contribution is -0.137. The van der Waals surface area contributed by atoms with Crippen LogP contribution in [0.5, 0.6) is 0 Å². The van der Waals surface area contributed by atoms with Crippen molar-refractivity contribution in [1.29, 1.82) is 0 Å². The maximum atomic E-state index is 11.5. The number of carbonyl (C=O) groups is 1. The van der Waals surface area contributed by atoms with Crippen LogP contribution in [0.4, 0.5) is 0 Å². The summed E-state index contributed by atoms with van der Waals surface area (Å²) in [5.41, 5.74) is 2.40. The number of benzene rings is 1. The minimum Gasteiger partial charge on any atom is -0.481 e. The summed E-state index contributed by atoms with van der Waals surface area (Å²) in [7, 11) is 0. The van der Waals surface area contributed by atoms with E-state index < -0.39 is 5.97 Å². The van der Waals surface area contributed by atoms with Gasteiger partial charge >= 0.3 is 5.97 Å². The molecule has 0 aliphatic rings. The standard InChI is InChI=1S/C16H17NO3/c1-11-8-14(18)9-12(2)17(11)15(10-16(19)20)13-6-4-3-5-7-13/h3-9,15H,10H2,1-2H3,(H,19,20). The fourth-order valence-electron chi connectivity index (χ4n) is 2.56. The van der Waals surface area contributed by atoms with Crippen molar-refractivity contribution < 1.29 is 9.90 Å². The molecule has 0 aliphatic heterocycles. The SMILES string of the molecule is Cc1cc(=O)cc(C)n1C(CC(=O)O)c1ccccc1. The molecule has 0 saturated carbocycles. The normalized spacial score (nSPS) is 12.1. The number of hydrogen-bond donors (Lipinski definition) is 1. The molecule has 104 valence electrons. The summed E-state index contributed by atoms with van der Waals surface area (Å²) >= 11 is 0. The Labute approximate surface area is 117 Å². The predicted molar refractivity (Wildman–Crippen MR) is 77.0 cm³/mol. The van der Waals surface area contributed by atoms with Gasteiger partial charge in [-0.15, -0.1) is 0 Å². The van der Waals surface area contributed by atoms with Crippen molar-refractivity contribution in [3.63, 3.8) is 0 Å². The molecule has 20 heavy (non-hydrogen) atoms. The van der Waals surface area contributed by atoms with Crippen LogP contribution in [-0.2, 0) is 4.79 Å². The van der Waals surface area contributed by atoms with E-state index in [9.17, 15) is 9.59 Å². The number of aryl methyl sites for hydroxylation is 2. The number of carboxylic acid groups (broad SMARTS) is 1. The van der Waals surface area contributed by atoms with Gasteiger partial charge in [0.2, 0.25) is 0 Å². The Balaban J connectivity index is 2.58. The summed E-state index contributed by atoms with van der Waals surface area (Å²) in [6.45, 7) is 3.65. The Hall–Kier alpha value is -2.36. The van der Waals surface area contributed by atoms with E-state index >= 15 is 0 Å². The lowest BCUT2D eigenvalue weighted by Crippen LogP contribution is -2.21. The zero-order chi connectivity index (χ0) is 14.7. The van der Waals surface area contributed by atoms with Crippen LogP contribution >= 0.6 is 0 Å². The molecule has 2 aromatic rings. The van der Waals surface area contributed by atoms with Gasteiger partial charge in [0.05, 0.1) is 12.5 Å². The molecule has 2 rings (SSSR count). The molecule has 1 aromatic carbocycles. The van der Waals surface area contributed by atoms with Crippen LogP contribution in [-0.4, -0.2) is 15.6 Å². The molecule has 1 heterocycles. The van der Waals surface area contributed by atoms with Crippen molar-refractivity contribution in [1.82, 2.24) is 4.57 Å². The molecule has 0 saturated heterocycles. The first-order valence-electron chi connectivity index (χ1n) is 6.45. The molecule has 1 atom stereocenters. The molecule has 0 fully saturated rings. The Morgan fingerprint density at radius 2 is 1.70 bits per heavy atom. The van der Waals surface area contributed by atoms with Crippen molar-refractivity contribution in [2.24, 2.45) is 0 Å². The number of pyridine rings is 1. The highest BCUT2D eigenvalue weighted by Crippen LogP contribution is 2.24. The lowest BCUT2D eigenvalue weighted by atomic mass is 10.0. The van der Waals surface area contributed by atoms with E-state index in [0.29, 0.717) is 0 Å². The van der Waals surface area contributed by atoms with Crippen molar-refractivity contribution >= 4 is 5.97 Å². The molecule has 1 unspecified atom stereocenters. The van der Waals surface area contributed by atoms with E-state index in [-0.39, 0.29) is 17.9 Å². The van der Waals surface area contributed by atoms with E-state index in [4.69, 9.17) is 5.11 Å². The largest absolute Gasteiger partial charge is 0.481 e. The summed E-state index contributed by atoms with van der Waals surface area (Å²) in [4.78, 5) is 22.7. The highest BCUT2D eigenvalue weighted by molar-refractivity contribution is 5.68. The van der Waals surface area contributed by atoms with Gasteiger partial charge in [-0.2, -0.15) is 0 Å². The van der Waals surface area contributed by atoms with Crippen molar-refractivity contribution in [2.45, 2.75) is 26.3 Å². The van der Waals surface area contributed by atoms with Gasteiger partial charge in [0, 0.05) is 23.5 Å². The van der Waals surface area contributed by atoms with Crippen LogP contribution in [0.25, 0.3) is 0 Å². The second-order valence-electron chi connectivity index (χ2n) is 4.87. The molecule has 4 nitrogen and oxygen atoms in total. The zero-order valence-corrected chi connectivity index (χ0v) is 11.5. The fraction of sp³-hybridized carbons (Fsp3) is 0.250. The maximum absolute atomic E-state index is 11.5. The van der Waals surface area contributed by atoms with Gasteiger partial charge < -0.3 is 9.67 Å². The van der Waals surface area contributed by atoms with E-state index in [0.717, 1.165) is 17.0 Å². The van der Waals surface area contributed by atoms with Crippen LogP contribution in [0.3, 0.4) is 0 Å². The Kier molecular flexibility index (Phi) is 4.03. The van der Waals surface area contributed by atoms with E-state index in [1.165, 1.54) is 12.1 Å². The minimum absolute atomic E-state index is 0.0193. The molecule has 0 amide bonds. The number of carboxylic acids is 1. The number of nitrogens with zero attached hydrogens (tertiary/aromatic N) is 1. The fourth-order valence-corrected chi connectivity index (χ4v) is 2.56. The Morgan fingerprint density at radius 1 is 1.15 bits per heavy atom. The first-order chi connectivity index (χ1) is 9.49. The highest BCUT2D eigenvalue weighted by Gasteiger charge is 2.19. The van der Waals surface area contributed by atoms with Gasteiger partial charge in [-0.05, 0) is 19.4 Å². The third-order valence-corrected chi connectivity index (χ3v) is 3.33. The predicted octanol–water partition coefficient (Wildman–Crippen LogP) is 2.53. The molecule has 0 aliphatic carbocycles. The van der Waals surface area contributed by atoms with E-state index in [1.54, 1.807) is 0 Å². The summed E-state index contributed by atoms with van der Waals surface area (Å²) in [6.07, 6.45) is -0.0193. The van der Waals surface area contributed by atoms with Gasteiger partial charge in [-0.1, -0.05) is 30.3 Å². The summed E-state index contributed by atoms with van der Waals surface area (Å²) in [5.74, 6) is -0.864. The summed E-state index contributed by atoms with van der Waals surface area (Å²) in [6, 6.07) is 12.2. The van der Waals surface area contributed by atoms with Crippen molar-refractivity contribution in [2.75, 3.05) is 0 Å². The van der Waals surface area contributed by atoms with Crippen LogP contribution in [0.15, 0.2) is 47.3 Å². The van der Waals surface area contributed by atoms with Gasteiger partial charge in [-0.3, -0.25) is 9.59 Å². The van der Waals surface area contributed by atoms with Gasteiger partial charge in [0.1, 0.15) is 0 Å². The van der Waals surface area contributed by atoms with Crippen LogP contribution in [0.2, 0.25) is 0 Å². The van der Waals surface area contributed by atoms with Crippen LogP contribution in [0, 0.1) is 13.8 Å². The number of aliphatic carboxylic acids is 1. The molecule has 1 aromatic heterocycles. The van der Waals surface area contributed by atoms with Crippen molar-refractivity contribution in [3.05, 3.63) is 69.6 Å². The van der Waals surface area contributed by atoms with Gasteiger partial charge in [0.15, 0.2) is 5.43 Å². The molecular weight excluding hydrogens is 254 g/mol. The first kappa shape index (κ1) is 14.1. The summed E-state index contributed by atoms with van der Waals surface area (Å²) in [5, 5.41) is 9.17. The molecule has 0 spiro atoms. The maximum Gasteiger partial charge on any atom is 0.305 e. The third kappa shape index (κ3) is 2.96. The average molecular weight is 271 g/mol.